The van der Waals surface area contributed by atoms with Crippen molar-refractivity contribution < 1.29 is 75.0 Å². The van der Waals surface area contributed by atoms with Gasteiger partial charge in [0.15, 0.2) is 69.8 Å². The molecule has 2 aliphatic rings. The van der Waals surface area contributed by atoms with Gasteiger partial charge in [0.25, 0.3) is 0 Å². The van der Waals surface area contributed by atoms with Crippen molar-refractivity contribution in [3.05, 3.63) is 175 Å². The van der Waals surface area contributed by atoms with Crippen molar-refractivity contribution in [3.63, 3.8) is 0 Å². The molecular weight excluding hydrogens is 978 g/mol. The molecule has 0 amide bonds. The molecule has 3 N–H and O–H groups in total. The minimum Gasteiger partial charge on any atom is -0.484 e. The summed E-state index contributed by atoms with van der Waals surface area (Å²) in [6.45, 7) is 0. The number of halogens is 15. The summed E-state index contributed by atoms with van der Waals surface area (Å²) in [5, 5.41) is 0.262. The Hall–Kier alpha value is -8.43. The van der Waals surface area contributed by atoms with Crippen LogP contribution in [0.3, 0.4) is 0 Å². The first-order valence-electron chi connectivity index (χ1n) is 20.5. The van der Waals surface area contributed by atoms with Gasteiger partial charge in [0.1, 0.15) is 17.4 Å². The number of benzene rings is 4. The molecule has 71 heavy (non-hydrogen) atoms. The van der Waals surface area contributed by atoms with Crippen LogP contribution in [0.2, 0.25) is 0 Å². The number of nitrogens with zero attached hydrogens (tertiary/aromatic N) is 1. The third-order valence-electron chi connectivity index (χ3n) is 12.2. The zero-order chi connectivity index (χ0) is 50.2. The molecule has 2 aliphatic heterocycles. The Bertz CT molecular complexity index is 4010. The highest BCUT2D eigenvalue weighted by Gasteiger charge is 2.35. The van der Waals surface area contributed by atoms with Crippen LogP contribution in [0.5, 0.6) is 5.75 Å². The lowest BCUT2D eigenvalue weighted by atomic mass is 9.95. The Morgan fingerprint density at radius 1 is 0.465 bits per heavy atom. The van der Waals surface area contributed by atoms with E-state index in [1.807, 2.05) is 0 Å². The number of rotatable bonds is 4. The van der Waals surface area contributed by atoms with E-state index in [-0.39, 0.29) is 51.9 Å². The van der Waals surface area contributed by atoms with E-state index in [4.69, 9.17) is 9.15 Å². The number of hydrogen-bond donors (Lipinski definition) is 3. The summed E-state index contributed by atoms with van der Waals surface area (Å²) in [7, 11) is 0. The Kier molecular flexibility index (Phi) is 10.2. The zero-order valence-corrected chi connectivity index (χ0v) is 34.7. The van der Waals surface area contributed by atoms with Crippen LogP contribution < -0.4 is 10.4 Å². The van der Waals surface area contributed by atoms with Gasteiger partial charge in [-0.1, -0.05) is 12.1 Å². The van der Waals surface area contributed by atoms with E-state index in [0.29, 0.717) is 0 Å². The first kappa shape index (κ1) is 45.0. The first-order valence-corrected chi connectivity index (χ1v) is 20.5. The van der Waals surface area contributed by atoms with E-state index in [2.05, 4.69) is 19.9 Å². The van der Waals surface area contributed by atoms with Crippen LogP contribution >= 0.6 is 0 Å². The summed E-state index contributed by atoms with van der Waals surface area (Å²) in [5.41, 5.74) is -13.3. The highest BCUT2D eigenvalue weighted by Crippen LogP contribution is 2.46. The summed E-state index contributed by atoms with van der Waals surface area (Å²) in [6.07, 6.45) is 0.476. The highest BCUT2D eigenvalue weighted by molar-refractivity contribution is 6.02. The fourth-order valence-electron chi connectivity index (χ4n) is 8.98. The Morgan fingerprint density at radius 2 is 0.901 bits per heavy atom. The highest BCUT2D eigenvalue weighted by atomic mass is 19.2. The lowest BCUT2D eigenvalue weighted by molar-refractivity contribution is 0.178. The summed E-state index contributed by atoms with van der Waals surface area (Å²) in [4.78, 5) is 25.3. The predicted octanol–water partition coefficient (Wildman–Crippen LogP) is 14.0. The largest absolute Gasteiger partial charge is 0.484 e. The van der Waals surface area contributed by atoms with Crippen molar-refractivity contribution in [1.29, 1.82) is 0 Å². The van der Waals surface area contributed by atoms with Crippen LogP contribution in [-0.4, -0.2) is 19.9 Å². The lowest BCUT2D eigenvalue weighted by Crippen LogP contribution is -2.21. The van der Waals surface area contributed by atoms with Crippen LogP contribution in [0.15, 0.2) is 63.8 Å². The second kappa shape index (κ2) is 16.1. The Labute approximate surface area is 383 Å². The van der Waals surface area contributed by atoms with Gasteiger partial charge < -0.3 is 24.1 Å². The van der Waals surface area contributed by atoms with E-state index in [1.54, 1.807) is 12.1 Å². The molecule has 4 aromatic carbocycles. The van der Waals surface area contributed by atoms with Gasteiger partial charge in [-0.15, -0.1) is 0 Å². The second-order valence-corrected chi connectivity index (χ2v) is 16.1. The summed E-state index contributed by atoms with van der Waals surface area (Å²) in [5.74, 6) is -37.2. The number of aromatic nitrogens is 4. The molecule has 0 spiro atoms. The number of nitrogens with one attached hydrogen (secondary N) is 3. The molecule has 5 aromatic heterocycles. The molecule has 0 aliphatic carbocycles. The van der Waals surface area contributed by atoms with Gasteiger partial charge in [0, 0.05) is 44.3 Å². The van der Waals surface area contributed by atoms with Gasteiger partial charge in [-0.25, -0.2) is 75.6 Å². The molecule has 9 aromatic rings. The number of aromatic amines is 3. The van der Waals surface area contributed by atoms with Gasteiger partial charge in [-0.2, -0.15) is 0 Å². The molecule has 1 atom stereocenters. The maximum Gasteiger partial charge on any atom is 0.343 e. The minimum atomic E-state index is -2.63. The molecule has 0 saturated heterocycles. The fraction of sp³-hybridized carbons (Fsp3) is 0.0612. The molecule has 0 saturated carbocycles. The fourth-order valence-corrected chi connectivity index (χ4v) is 8.98. The van der Waals surface area contributed by atoms with Gasteiger partial charge in [0.05, 0.1) is 50.1 Å². The maximum absolute atomic E-state index is 16.4. The number of para-hydroxylation sites is 1. The Morgan fingerprint density at radius 3 is 1.44 bits per heavy atom. The predicted molar refractivity (Wildman–Crippen MR) is 225 cm³/mol. The van der Waals surface area contributed by atoms with Gasteiger partial charge in [0.2, 0.25) is 17.5 Å². The molecular formula is C49H19F15N4O3. The zero-order valence-electron chi connectivity index (χ0n) is 34.7. The third-order valence-corrected chi connectivity index (χ3v) is 12.2. The SMILES string of the molecule is O=c1oc2ccccc2c2c1CCC(c1cc3[nH]c1c(-c1c(F)c(F)c(F)c(F)c1F)c1ccc([nH]1)c(-c1c(F)c(F)c(F)c(F)c1F)c1ccc([nH]1)c(-c1c(F)c(F)c(F)c(F)c1F)c1nc3C=C1)O2. The monoisotopic (exact) mass is 996 g/mol. The van der Waals surface area contributed by atoms with E-state index >= 15 is 52.7 Å². The molecule has 11 rings (SSSR count). The van der Waals surface area contributed by atoms with Crippen molar-refractivity contribution >= 4 is 56.2 Å². The van der Waals surface area contributed by atoms with Crippen LogP contribution in [0.1, 0.15) is 35.0 Å². The van der Waals surface area contributed by atoms with Crippen LogP contribution in [0.25, 0.3) is 89.6 Å². The van der Waals surface area contributed by atoms with Crippen LogP contribution in [0.4, 0.5) is 65.9 Å². The van der Waals surface area contributed by atoms with Crippen molar-refractivity contribution in [1.82, 2.24) is 19.9 Å². The maximum atomic E-state index is 16.4. The molecule has 8 bridgehead atoms. The van der Waals surface area contributed by atoms with E-state index in [1.165, 1.54) is 18.2 Å². The molecule has 7 heterocycles. The topological polar surface area (TPSA) is 99.7 Å². The van der Waals surface area contributed by atoms with Crippen molar-refractivity contribution in [3.8, 4) is 39.1 Å². The van der Waals surface area contributed by atoms with Gasteiger partial charge in [-0.3, -0.25) is 0 Å². The molecule has 1 unspecified atom stereocenters. The smallest absolute Gasteiger partial charge is 0.343 e. The first-order chi connectivity index (χ1) is 33.9. The van der Waals surface area contributed by atoms with Crippen LogP contribution in [0, 0.1) is 87.3 Å². The number of hydrogen-bond acceptors (Lipinski definition) is 4. The average Bonchev–Trinajstić information content (AvgIpc) is 4.22. The summed E-state index contributed by atoms with van der Waals surface area (Å²) >= 11 is 0. The molecule has 22 heteroatoms. The molecule has 7 nitrogen and oxygen atoms in total. The van der Waals surface area contributed by atoms with Crippen molar-refractivity contribution in [2.24, 2.45) is 0 Å². The molecule has 0 radical (unpaired) electrons. The second-order valence-electron chi connectivity index (χ2n) is 16.1. The normalized spacial score (nSPS) is 14.0. The number of fused-ring (bicyclic) bond motifs is 12. The lowest BCUT2D eigenvalue weighted by Gasteiger charge is -2.26. The minimum absolute atomic E-state index is 0.0359. The van der Waals surface area contributed by atoms with E-state index in [0.717, 1.165) is 36.4 Å². The summed E-state index contributed by atoms with van der Waals surface area (Å²) in [6, 6.07) is 10.7. The van der Waals surface area contributed by atoms with Crippen molar-refractivity contribution in [2.75, 3.05) is 0 Å². The van der Waals surface area contributed by atoms with Gasteiger partial charge >= 0.3 is 5.63 Å². The van der Waals surface area contributed by atoms with E-state index in [9.17, 15) is 18.0 Å². The van der Waals surface area contributed by atoms with Gasteiger partial charge in [-0.05, 0) is 67.5 Å². The quantitative estimate of drug-likeness (QED) is 0.0708. The van der Waals surface area contributed by atoms with Crippen LogP contribution in [-0.2, 0) is 6.42 Å². The third kappa shape index (κ3) is 6.55. The van der Waals surface area contributed by atoms with Crippen molar-refractivity contribution in [2.45, 2.75) is 18.9 Å². The van der Waals surface area contributed by atoms with E-state index < -0.39 is 166 Å². The molecule has 358 valence electrons. The average molecular weight is 997 g/mol. The number of ether oxygens (including phenoxy) is 1. The Balaban J connectivity index is 1.36. The standard InChI is InChI=1S/C49H19F15N4O3/c50-32-29(33(51)39(57)44(62)38(32)56)26-18-7-6-17(65-18)23-13-16(25-12-5-15-48(70-25)14-3-1-2-4-24(14)71-49(15)69)47(68-23)28(31-36(54)42(60)46(64)43(61)37(31)55)22-11-10-21(67-22)27(20-9-8-19(26)66-20)30-34(52)40(58)45(63)41(59)35(30)53/h1-4,6-11,13,25,66-68H,5,12H2. The molecule has 0 fully saturated rings. The summed E-state index contributed by atoms with van der Waals surface area (Å²) < 4.78 is 243. The number of H-pyrrole nitrogens is 3.